The fourth-order valence-corrected chi connectivity index (χ4v) is 8.72. The maximum Gasteiger partial charge on any atom is 0.0735 e. The Balaban J connectivity index is 1.38. The van der Waals surface area contributed by atoms with E-state index in [2.05, 4.69) is 45.0 Å². The van der Waals surface area contributed by atoms with E-state index in [1.807, 2.05) is 0 Å². The molecule has 0 saturated heterocycles. The van der Waals surface area contributed by atoms with Crippen LogP contribution >= 0.6 is 0 Å². The van der Waals surface area contributed by atoms with Gasteiger partial charge in [-0.25, -0.2) is 0 Å². The van der Waals surface area contributed by atoms with Crippen LogP contribution in [0.15, 0.2) is 0 Å². The molecule has 0 aromatic carbocycles. The van der Waals surface area contributed by atoms with Crippen molar-refractivity contribution in [1.82, 2.24) is 9.96 Å². The van der Waals surface area contributed by atoms with Crippen molar-refractivity contribution in [2.45, 2.75) is 96.2 Å². The molecule has 0 amide bonds. The van der Waals surface area contributed by atoms with Crippen LogP contribution in [0.2, 0.25) is 0 Å². The molecule has 4 saturated carbocycles. The highest BCUT2D eigenvalue weighted by atomic mass is 16.7. The molecular weight excluding hydrogens is 400 g/mol. The largest absolute Gasteiger partial charge is 0.393 e. The van der Waals surface area contributed by atoms with Crippen molar-refractivity contribution in [1.29, 1.82) is 0 Å². The van der Waals surface area contributed by atoms with E-state index in [-0.39, 0.29) is 11.5 Å². The third kappa shape index (κ3) is 4.30. The van der Waals surface area contributed by atoms with Gasteiger partial charge in [-0.3, -0.25) is 4.84 Å². The zero-order chi connectivity index (χ0) is 23.1. The molecule has 0 aromatic rings. The quantitative estimate of drug-likeness (QED) is 0.426. The summed E-state index contributed by atoms with van der Waals surface area (Å²) in [5, 5.41) is 24.6. The number of hydrogen-bond donors (Lipinski definition) is 2. The summed E-state index contributed by atoms with van der Waals surface area (Å²) >= 11 is 0. The van der Waals surface area contributed by atoms with E-state index in [0.29, 0.717) is 29.1 Å². The molecule has 2 N–H and O–H groups in total. The number of aliphatic hydroxyl groups excluding tert-OH is 1. The highest BCUT2D eigenvalue weighted by Gasteiger charge is 2.67. The molecule has 4 fully saturated rings. The summed E-state index contributed by atoms with van der Waals surface area (Å²) in [5.41, 5.74) is -0.227. The van der Waals surface area contributed by atoms with Gasteiger partial charge in [-0.2, -0.15) is 5.06 Å². The Hall–Kier alpha value is -0.200. The SMILES string of the molecule is CN(C)CCCCON(C)CC1CC[C@@]2(O)[C@@H]3CCC4CC(O)CC[C@]4(C)[C@@H]3CC[C@]12C. The van der Waals surface area contributed by atoms with Crippen LogP contribution in [0.1, 0.15) is 84.5 Å². The van der Waals surface area contributed by atoms with Crippen LogP contribution in [-0.4, -0.2) is 72.7 Å². The first-order valence-electron chi connectivity index (χ1n) is 13.5. The number of aliphatic hydroxyl groups is 2. The third-order valence-corrected chi connectivity index (χ3v) is 10.8. The molecule has 32 heavy (non-hydrogen) atoms. The van der Waals surface area contributed by atoms with Gasteiger partial charge in [0.1, 0.15) is 0 Å². The summed E-state index contributed by atoms with van der Waals surface area (Å²) in [6.07, 6.45) is 12.0. The van der Waals surface area contributed by atoms with E-state index in [1.165, 1.54) is 19.3 Å². The minimum Gasteiger partial charge on any atom is -0.393 e. The van der Waals surface area contributed by atoms with Gasteiger partial charge in [-0.05, 0) is 120 Å². The van der Waals surface area contributed by atoms with Crippen molar-refractivity contribution in [3.05, 3.63) is 0 Å². The molecule has 4 aliphatic rings. The lowest BCUT2D eigenvalue weighted by atomic mass is 9.43. The van der Waals surface area contributed by atoms with E-state index in [9.17, 15) is 10.2 Å². The summed E-state index contributed by atoms with van der Waals surface area (Å²) in [6, 6.07) is 0. The average Bonchev–Trinajstić information content (AvgIpc) is 2.99. The lowest BCUT2D eigenvalue weighted by Crippen LogP contribution is -2.62. The Bertz CT molecular complexity index is 644. The normalized spacial score (nSPS) is 46.2. The Morgan fingerprint density at radius 3 is 2.44 bits per heavy atom. The van der Waals surface area contributed by atoms with Crippen LogP contribution in [0.5, 0.6) is 0 Å². The minimum absolute atomic E-state index is 0.00587. The Labute approximate surface area is 196 Å². The molecular formula is C27H50N2O3. The molecule has 0 heterocycles. The van der Waals surface area contributed by atoms with E-state index in [4.69, 9.17) is 4.84 Å². The van der Waals surface area contributed by atoms with E-state index in [1.54, 1.807) is 0 Å². The second-order valence-corrected chi connectivity index (χ2v) is 12.7. The molecule has 5 heteroatoms. The topological polar surface area (TPSA) is 56.2 Å². The van der Waals surface area contributed by atoms with Crippen molar-refractivity contribution in [2.75, 3.05) is 40.8 Å². The first kappa shape index (κ1) is 24.9. The second-order valence-electron chi connectivity index (χ2n) is 12.7. The molecule has 4 aliphatic carbocycles. The molecule has 3 unspecified atom stereocenters. The van der Waals surface area contributed by atoms with Gasteiger partial charge in [-0.1, -0.05) is 13.8 Å². The minimum atomic E-state index is -0.531. The van der Waals surface area contributed by atoms with Crippen LogP contribution in [-0.2, 0) is 4.84 Å². The smallest absolute Gasteiger partial charge is 0.0735 e. The summed E-state index contributed by atoms with van der Waals surface area (Å²) in [5.74, 6) is 2.19. The highest BCUT2D eigenvalue weighted by molar-refractivity contribution is 5.16. The standard InChI is InChI=1S/C27H50N2O3/c1-25-13-11-22(30)18-20(25)8-9-24-23(25)12-14-26(2)21(10-15-27(24,26)31)19-29(5)32-17-7-6-16-28(3)4/h20-24,30-31H,6-19H2,1-5H3/t20?,21?,22?,23-,24-,25+,26-,27-/m1/s1. The Morgan fingerprint density at radius 1 is 0.906 bits per heavy atom. The highest BCUT2D eigenvalue weighted by Crippen LogP contribution is 2.69. The van der Waals surface area contributed by atoms with E-state index >= 15 is 0 Å². The number of hydroxylamine groups is 2. The van der Waals surface area contributed by atoms with Crippen LogP contribution < -0.4 is 0 Å². The predicted molar refractivity (Wildman–Crippen MR) is 129 cm³/mol. The van der Waals surface area contributed by atoms with Gasteiger partial charge in [-0.15, -0.1) is 0 Å². The number of unbranched alkanes of at least 4 members (excludes halogenated alkanes) is 1. The number of rotatable bonds is 8. The van der Waals surface area contributed by atoms with Crippen molar-refractivity contribution < 1.29 is 15.1 Å². The lowest BCUT2D eigenvalue weighted by molar-refractivity contribution is -0.218. The molecule has 0 radical (unpaired) electrons. The maximum atomic E-state index is 12.3. The molecule has 8 atom stereocenters. The zero-order valence-electron chi connectivity index (χ0n) is 21.5. The number of hydrogen-bond acceptors (Lipinski definition) is 5. The van der Waals surface area contributed by atoms with Gasteiger partial charge in [0, 0.05) is 19.0 Å². The fourth-order valence-electron chi connectivity index (χ4n) is 8.72. The van der Waals surface area contributed by atoms with Gasteiger partial charge in [0.05, 0.1) is 18.3 Å². The van der Waals surface area contributed by atoms with Crippen molar-refractivity contribution in [2.24, 2.45) is 34.5 Å². The molecule has 0 aliphatic heterocycles. The third-order valence-electron chi connectivity index (χ3n) is 10.8. The summed E-state index contributed by atoms with van der Waals surface area (Å²) in [6.45, 7) is 7.72. The Morgan fingerprint density at radius 2 is 1.69 bits per heavy atom. The fraction of sp³-hybridized carbons (Fsp3) is 1.00. The lowest BCUT2D eigenvalue weighted by Gasteiger charge is -2.63. The predicted octanol–water partition coefficient (Wildman–Crippen LogP) is 4.33. The molecule has 0 spiro atoms. The van der Waals surface area contributed by atoms with E-state index in [0.717, 1.165) is 71.1 Å². The number of fused-ring (bicyclic) bond motifs is 5. The van der Waals surface area contributed by atoms with Gasteiger partial charge < -0.3 is 15.1 Å². The number of nitrogens with zero attached hydrogens (tertiary/aromatic N) is 2. The molecule has 0 bridgehead atoms. The van der Waals surface area contributed by atoms with Crippen molar-refractivity contribution >= 4 is 0 Å². The summed E-state index contributed by atoms with van der Waals surface area (Å²) in [4.78, 5) is 8.28. The summed E-state index contributed by atoms with van der Waals surface area (Å²) in [7, 11) is 6.32. The monoisotopic (exact) mass is 450 g/mol. The Kier molecular flexibility index (Phi) is 7.36. The first-order valence-corrected chi connectivity index (χ1v) is 13.5. The van der Waals surface area contributed by atoms with Gasteiger partial charge in [0.2, 0.25) is 0 Å². The second kappa shape index (κ2) is 9.45. The van der Waals surface area contributed by atoms with Crippen LogP contribution in [0.25, 0.3) is 0 Å². The van der Waals surface area contributed by atoms with Gasteiger partial charge >= 0.3 is 0 Å². The average molecular weight is 451 g/mol. The molecule has 0 aromatic heterocycles. The van der Waals surface area contributed by atoms with E-state index < -0.39 is 5.60 Å². The van der Waals surface area contributed by atoms with Crippen molar-refractivity contribution in [3.63, 3.8) is 0 Å². The van der Waals surface area contributed by atoms with Crippen LogP contribution in [0.3, 0.4) is 0 Å². The van der Waals surface area contributed by atoms with Gasteiger partial charge in [0.15, 0.2) is 0 Å². The molecule has 186 valence electrons. The molecule has 4 rings (SSSR count). The van der Waals surface area contributed by atoms with Crippen molar-refractivity contribution in [3.8, 4) is 0 Å². The van der Waals surface area contributed by atoms with Crippen LogP contribution in [0.4, 0.5) is 0 Å². The summed E-state index contributed by atoms with van der Waals surface area (Å²) < 4.78 is 0. The molecule has 5 nitrogen and oxygen atoms in total. The van der Waals surface area contributed by atoms with Crippen LogP contribution in [0, 0.1) is 34.5 Å². The van der Waals surface area contributed by atoms with Gasteiger partial charge in [0.25, 0.3) is 0 Å². The maximum absolute atomic E-state index is 12.3. The first-order chi connectivity index (χ1) is 15.1. The zero-order valence-corrected chi connectivity index (χ0v) is 21.5.